The number of para-hydroxylation sites is 2. The molecule has 0 heterocycles. The topological polar surface area (TPSA) is 3.24 Å². The minimum Gasteiger partial charge on any atom is -0.284 e. The van der Waals surface area contributed by atoms with Gasteiger partial charge in [-0.1, -0.05) is 50.2 Å². The largest absolute Gasteiger partial charge is 0.284 e. The molecule has 0 amide bonds. The summed E-state index contributed by atoms with van der Waals surface area (Å²) in [5.41, 5.74) is 2.44. The molecule has 0 fully saturated rings. The fourth-order valence-electron chi connectivity index (χ4n) is 1.61. The standard InChI is InChI=1S/C15H17NS/c1-13(2)17-16(14-9-5-3-6-10-14)15-11-7-4-8-12-15/h3-13H,1-2H3. The lowest BCUT2D eigenvalue weighted by atomic mass is 10.3. The highest BCUT2D eigenvalue weighted by atomic mass is 32.2. The molecule has 0 saturated carbocycles. The molecule has 0 aliphatic heterocycles. The summed E-state index contributed by atoms with van der Waals surface area (Å²) in [6.45, 7) is 4.42. The van der Waals surface area contributed by atoms with Crippen molar-refractivity contribution in [2.75, 3.05) is 4.31 Å². The minimum absolute atomic E-state index is 0.551. The lowest BCUT2D eigenvalue weighted by Crippen LogP contribution is -2.10. The first-order valence-corrected chi connectivity index (χ1v) is 6.68. The van der Waals surface area contributed by atoms with E-state index in [1.165, 1.54) is 11.4 Å². The van der Waals surface area contributed by atoms with E-state index in [1.54, 1.807) is 0 Å². The molecule has 0 atom stereocenters. The van der Waals surface area contributed by atoms with Gasteiger partial charge in [0.2, 0.25) is 0 Å². The molecule has 88 valence electrons. The van der Waals surface area contributed by atoms with E-state index in [0.29, 0.717) is 5.25 Å². The van der Waals surface area contributed by atoms with E-state index < -0.39 is 0 Å². The van der Waals surface area contributed by atoms with E-state index in [0.717, 1.165) is 0 Å². The molecule has 0 radical (unpaired) electrons. The lowest BCUT2D eigenvalue weighted by molar-refractivity contribution is 1.11. The average Bonchev–Trinajstić information content (AvgIpc) is 2.38. The van der Waals surface area contributed by atoms with Crippen molar-refractivity contribution >= 4 is 23.3 Å². The molecule has 0 aromatic heterocycles. The Morgan fingerprint density at radius 1 is 0.765 bits per heavy atom. The van der Waals surface area contributed by atoms with Gasteiger partial charge < -0.3 is 0 Å². The quantitative estimate of drug-likeness (QED) is 0.704. The van der Waals surface area contributed by atoms with Crippen molar-refractivity contribution in [3.05, 3.63) is 60.7 Å². The molecule has 0 unspecified atom stereocenters. The van der Waals surface area contributed by atoms with Crippen LogP contribution in [0.25, 0.3) is 0 Å². The van der Waals surface area contributed by atoms with E-state index in [9.17, 15) is 0 Å². The van der Waals surface area contributed by atoms with Gasteiger partial charge in [-0.05, 0) is 36.2 Å². The zero-order valence-corrected chi connectivity index (χ0v) is 11.0. The van der Waals surface area contributed by atoms with Crippen molar-refractivity contribution in [1.82, 2.24) is 0 Å². The molecule has 0 aliphatic rings. The molecular weight excluding hydrogens is 226 g/mol. The summed E-state index contributed by atoms with van der Waals surface area (Å²) >= 11 is 1.84. The number of benzene rings is 2. The Labute approximate surface area is 108 Å². The second-order valence-electron chi connectivity index (χ2n) is 4.12. The maximum atomic E-state index is 2.28. The van der Waals surface area contributed by atoms with Gasteiger partial charge in [-0.15, -0.1) is 0 Å². The van der Waals surface area contributed by atoms with Gasteiger partial charge in [0.05, 0.1) is 11.4 Å². The van der Waals surface area contributed by atoms with E-state index in [4.69, 9.17) is 0 Å². The van der Waals surface area contributed by atoms with Crippen LogP contribution in [0, 0.1) is 0 Å². The zero-order chi connectivity index (χ0) is 12.1. The molecule has 0 bridgehead atoms. The van der Waals surface area contributed by atoms with Gasteiger partial charge in [-0.2, -0.15) is 0 Å². The van der Waals surface area contributed by atoms with Crippen LogP contribution in [0.3, 0.4) is 0 Å². The van der Waals surface area contributed by atoms with Crippen molar-refractivity contribution < 1.29 is 0 Å². The van der Waals surface area contributed by atoms with Crippen LogP contribution in [-0.2, 0) is 0 Å². The molecule has 0 aliphatic carbocycles. The van der Waals surface area contributed by atoms with Crippen LogP contribution < -0.4 is 4.31 Å². The molecular formula is C15H17NS. The summed E-state index contributed by atoms with van der Waals surface area (Å²) in [4.78, 5) is 0. The summed E-state index contributed by atoms with van der Waals surface area (Å²) in [5, 5.41) is 0.551. The molecule has 0 saturated heterocycles. The van der Waals surface area contributed by atoms with Gasteiger partial charge >= 0.3 is 0 Å². The third kappa shape index (κ3) is 3.27. The monoisotopic (exact) mass is 243 g/mol. The summed E-state index contributed by atoms with van der Waals surface area (Å²) in [6, 6.07) is 21.0. The molecule has 2 heteroatoms. The fourth-order valence-corrected chi connectivity index (χ4v) is 2.52. The summed E-state index contributed by atoms with van der Waals surface area (Å²) in [7, 11) is 0. The Morgan fingerprint density at radius 3 is 1.53 bits per heavy atom. The van der Waals surface area contributed by atoms with E-state index in [-0.39, 0.29) is 0 Å². The SMILES string of the molecule is CC(C)SN(c1ccccc1)c1ccccc1. The highest BCUT2D eigenvalue weighted by molar-refractivity contribution is 8.01. The molecule has 2 aromatic carbocycles. The Bertz CT molecular complexity index is 399. The second-order valence-corrected chi connectivity index (χ2v) is 5.64. The van der Waals surface area contributed by atoms with E-state index >= 15 is 0 Å². The van der Waals surface area contributed by atoms with E-state index in [1.807, 2.05) is 24.1 Å². The first-order chi connectivity index (χ1) is 8.27. The number of anilines is 2. The maximum Gasteiger partial charge on any atom is 0.0525 e. The van der Waals surface area contributed by atoms with E-state index in [2.05, 4.69) is 66.7 Å². The van der Waals surface area contributed by atoms with Crippen LogP contribution in [0.4, 0.5) is 11.4 Å². The second kappa shape index (κ2) is 5.78. The van der Waals surface area contributed by atoms with Crippen molar-refractivity contribution in [3.63, 3.8) is 0 Å². The number of rotatable bonds is 4. The molecule has 2 rings (SSSR count). The highest BCUT2D eigenvalue weighted by Crippen LogP contribution is 2.33. The van der Waals surface area contributed by atoms with Crippen molar-refractivity contribution in [2.45, 2.75) is 19.1 Å². The summed E-state index contributed by atoms with van der Waals surface area (Å²) in [5.74, 6) is 0. The van der Waals surface area contributed by atoms with Crippen molar-refractivity contribution in [1.29, 1.82) is 0 Å². The van der Waals surface area contributed by atoms with Gasteiger partial charge in [-0.3, -0.25) is 4.31 Å². The van der Waals surface area contributed by atoms with Crippen molar-refractivity contribution in [2.24, 2.45) is 0 Å². The zero-order valence-electron chi connectivity index (χ0n) is 10.2. The molecule has 17 heavy (non-hydrogen) atoms. The highest BCUT2D eigenvalue weighted by Gasteiger charge is 2.10. The first-order valence-electron chi connectivity index (χ1n) is 5.84. The number of hydrogen-bond acceptors (Lipinski definition) is 2. The van der Waals surface area contributed by atoms with Crippen molar-refractivity contribution in [3.8, 4) is 0 Å². The predicted octanol–water partition coefficient (Wildman–Crippen LogP) is 4.88. The van der Waals surface area contributed by atoms with Gasteiger partial charge in [0, 0.05) is 5.25 Å². The van der Waals surface area contributed by atoms with Crippen LogP contribution in [0.5, 0.6) is 0 Å². The third-order valence-corrected chi connectivity index (χ3v) is 3.35. The summed E-state index contributed by atoms with van der Waals surface area (Å²) < 4.78 is 2.28. The predicted molar refractivity (Wildman–Crippen MR) is 77.8 cm³/mol. The van der Waals surface area contributed by atoms with Gasteiger partial charge in [0.15, 0.2) is 0 Å². The van der Waals surface area contributed by atoms with Crippen LogP contribution in [-0.4, -0.2) is 5.25 Å². The lowest BCUT2D eigenvalue weighted by Gasteiger charge is -2.25. The van der Waals surface area contributed by atoms with Gasteiger partial charge in [0.25, 0.3) is 0 Å². The number of hydrogen-bond donors (Lipinski definition) is 0. The Morgan fingerprint density at radius 2 is 1.18 bits per heavy atom. The van der Waals surface area contributed by atoms with Crippen LogP contribution in [0.2, 0.25) is 0 Å². The third-order valence-electron chi connectivity index (χ3n) is 2.30. The fraction of sp³-hybridized carbons (Fsp3) is 0.200. The Kier molecular flexibility index (Phi) is 4.10. The average molecular weight is 243 g/mol. The molecule has 0 N–H and O–H groups in total. The molecule has 1 nitrogen and oxygen atoms in total. The smallest absolute Gasteiger partial charge is 0.0525 e. The number of nitrogens with zero attached hydrogens (tertiary/aromatic N) is 1. The van der Waals surface area contributed by atoms with Crippen LogP contribution >= 0.6 is 11.9 Å². The molecule has 2 aromatic rings. The van der Waals surface area contributed by atoms with Gasteiger partial charge in [0.1, 0.15) is 0 Å². The minimum atomic E-state index is 0.551. The maximum absolute atomic E-state index is 2.28. The summed E-state index contributed by atoms with van der Waals surface area (Å²) in [6.07, 6.45) is 0. The van der Waals surface area contributed by atoms with Gasteiger partial charge in [-0.25, -0.2) is 0 Å². The first kappa shape index (κ1) is 12.1. The molecule has 0 spiro atoms. The normalized spacial score (nSPS) is 10.5. The van der Waals surface area contributed by atoms with Crippen LogP contribution in [0.15, 0.2) is 60.7 Å². The Balaban J connectivity index is 2.32. The van der Waals surface area contributed by atoms with Crippen LogP contribution in [0.1, 0.15) is 13.8 Å². The Hall–Kier alpha value is -1.41.